The zero-order valence-electron chi connectivity index (χ0n) is 20.2. The Balaban J connectivity index is 1.51. The van der Waals surface area contributed by atoms with E-state index in [1.165, 1.54) is 38.9 Å². The predicted octanol–water partition coefficient (Wildman–Crippen LogP) is 3.35. The van der Waals surface area contributed by atoms with Crippen LogP contribution < -0.4 is 10.2 Å². The van der Waals surface area contributed by atoms with Gasteiger partial charge in [0.05, 0.1) is 5.92 Å². The first kappa shape index (κ1) is 26.9. The third-order valence-electron chi connectivity index (χ3n) is 7.03. The van der Waals surface area contributed by atoms with Gasteiger partial charge >= 0.3 is 0 Å². The fourth-order valence-corrected chi connectivity index (χ4v) is 6.75. The number of nitrogens with zero attached hydrogens (tertiary/aromatic N) is 3. The van der Waals surface area contributed by atoms with E-state index in [1.54, 1.807) is 12.1 Å². The molecule has 3 fully saturated rings. The van der Waals surface area contributed by atoms with Gasteiger partial charge in [-0.3, -0.25) is 14.5 Å². The van der Waals surface area contributed by atoms with Crippen LogP contribution in [0.15, 0.2) is 48.5 Å². The second-order valence-electron chi connectivity index (χ2n) is 9.83. The van der Waals surface area contributed by atoms with Crippen molar-refractivity contribution in [2.45, 2.75) is 37.3 Å². The number of rotatable bonds is 8. The summed E-state index contributed by atoms with van der Waals surface area (Å²) in [5.41, 5.74) is 0.281. The number of carbonyl (C=O) groups excluding carboxylic acids is 2. The quantitative estimate of drug-likeness (QED) is 0.493. The molecule has 38 heavy (non-hydrogen) atoms. The summed E-state index contributed by atoms with van der Waals surface area (Å²) in [7, 11) is -3.68. The Morgan fingerprint density at radius 3 is 2.39 bits per heavy atom. The summed E-state index contributed by atoms with van der Waals surface area (Å²) in [6.45, 7) is 0.852. The van der Waals surface area contributed by atoms with Crippen molar-refractivity contribution in [1.29, 1.82) is 0 Å². The van der Waals surface area contributed by atoms with E-state index in [-0.39, 0.29) is 35.8 Å². The van der Waals surface area contributed by atoms with Gasteiger partial charge in [-0.05, 0) is 30.7 Å². The summed E-state index contributed by atoms with van der Waals surface area (Å²) >= 11 is 6.44. The van der Waals surface area contributed by atoms with Crippen LogP contribution in [0.5, 0.6) is 0 Å². The highest BCUT2D eigenvalue weighted by Gasteiger charge is 2.48. The first-order valence-electron chi connectivity index (χ1n) is 12.2. The Hall–Kier alpha value is -2.67. The molecule has 2 aromatic carbocycles. The van der Waals surface area contributed by atoms with Gasteiger partial charge in [-0.25, -0.2) is 13.2 Å². The molecule has 1 aliphatic carbocycles. The molecule has 2 aromatic rings. The number of carbonyl (C=O) groups is 2. The molecule has 13 heteroatoms. The van der Waals surface area contributed by atoms with E-state index in [9.17, 15) is 31.2 Å². The minimum Gasteiger partial charge on any atom is -0.351 e. The van der Waals surface area contributed by atoms with Crippen LogP contribution in [0.3, 0.4) is 0 Å². The third kappa shape index (κ3) is 5.40. The van der Waals surface area contributed by atoms with Crippen LogP contribution in [0.4, 0.5) is 18.9 Å². The fourth-order valence-electron chi connectivity index (χ4n) is 4.94. The molecule has 2 saturated heterocycles. The molecule has 5 rings (SSSR count). The van der Waals surface area contributed by atoms with Gasteiger partial charge in [0.15, 0.2) is 0 Å². The molecule has 3 aliphatic rings. The lowest BCUT2D eigenvalue weighted by Gasteiger charge is -2.38. The van der Waals surface area contributed by atoms with E-state index in [4.69, 9.17) is 11.6 Å². The maximum Gasteiger partial charge on any atom is 0.282 e. The van der Waals surface area contributed by atoms with E-state index in [2.05, 4.69) is 5.32 Å². The molecule has 0 radical (unpaired) electrons. The fraction of sp³-hybridized carbons (Fsp3) is 0.440. The lowest BCUT2D eigenvalue weighted by Crippen LogP contribution is -2.54. The minimum atomic E-state index is -3.68. The highest BCUT2D eigenvalue weighted by molar-refractivity contribution is 7.87. The molecule has 1 saturated carbocycles. The van der Waals surface area contributed by atoms with Crippen LogP contribution in [-0.2, 0) is 19.8 Å². The average Bonchev–Trinajstić information content (AvgIpc) is 3.58. The van der Waals surface area contributed by atoms with Gasteiger partial charge in [0.25, 0.3) is 16.1 Å². The zero-order valence-corrected chi connectivity index (χ0v) is 21.8. The van der Waals surface area contributed by atoms with Crippen LogP contribution >= 0.6 is 11.6 Å². The number of hydrogen-bond donors (Lipinski definition) is 1. The SMILES string of the molecule is O=C(NC1CC(F)(F)C1)C(c1ccccc1Cl)N(C(=O)[C@@H]1CCN(S(=O)(=O)N2CC2)C1)c1cccc(F)c1. The first-order chi connectivity index (χ1) is 18.0. The molecule has 204 valence electrons. The normalized spacial score (nSPS) is 22.5. The number of amides is 2. The third-order valence-corrected chi connectivity index (χ3v) is 9.37. The van der Waals surface area contributed by atoms with Gasteiger partial charge in [-0.15, -0.1) is 0 Å². The van der Waals surface area contributed by atoms with Gasteiger partial charge in [-0.2, -0.15) is 17.0 Å². The van der Waals surface area contributed by atoms with Crippen LogP contribution in [0.2, 0.25) is 5.02 Å². The van der Waals surface area contributed by atoms with Gasteiger partial charge in [-0.1, -0.05) is 35.9 Å². The van der Waals surface area contributed by atoms with Crippen molar-refractivity contribution < 1.29 is 31.2 Å². The second kappa shape index (κ2) is 10.1. The number of hydrogen-bond acceptors (Lipinski definition) is 4. The Morgan fingerprint density at radius 1 is 1.05 bits per heavy atom. The molecule has 2 heterocycles. The van der Waals surface area contributed by atoms with Gasteiger partial charge in [0.1, 0.15) is 11.9 Å². The Morgan fingerprint density at radius 2 is 1.76 bits per heavy atom. The van der Waals surface area contributed by atoms with Crippen LogP contribution in [0, 0.1) is 11.7 Å². The van der Waals surface area contributed by atoms with Gasteiger partial charge < -0.3 is 5.32 Å². The zero-order chi connectivity index (χ0) is 27.2. The van der Waals surface area contributed by atoms with E-state index in [1.807, 2.05) is 0 Å². The van der Waals surface area contributed by atoms with Crippen molar-refractivity contribution in [2.24, 2.45) is 5.92 Å². The van der Waals surface area contributed by atoms with E-state index < -0.39 is 64.6 Å². The standard InChI is InChI=1S/C25H26ClF3N4O4S/c26-21-7-2-1-6-20(21)22(23(34)30-18-13-25(28,29)14-18)33(19-5-3-4-17(27)12-19)24(35)16-8-9-32(15-16)38(36,37)31-10-11-31/h1-7,12,16,18,22H,8-11,13-15H2,(H,30,34)/t16-,22?/m1/s1. The van der Waals surface area contributed by atoms with Gasteiger partial charge in [0, 0.05) is 61.3 Å². The second-order valence-corrected chi connectivity index (χ2v) is 12.2. The first-order valence-corrected chi connectivity index (χ1v) is 14.0. The molecule has 2 amide bonds. The maximum atomic E-state index is 14.3. The van der Waals surface area contributed by atoms with Crippen molar-refractivity contribution in [3.05, 3.63) is 64.9 Å². The highest BCUT2D eigenvalue weighted by atomic mass is 35.5. The van der Waals surface area contributed by atoms with Crippen LogP contribution in [0.1, 0.15) is 30.9 Å². The Bertz CT molecular complexity index is 1350. The molecule has 2 atom stereocenters. The molecule has 0 spiro atoms. The number of nitrogens with one attached hydrogen (secondary N) is 1. The Labute approximate surface area is 223 Å². The summed E-state index contributed by atoms with van der Waals surface area (Å²) in [5, 5.41) is 2.74. The maximum absolute atomic E-state index is 14.3. The number of alkyl halides is 2. The highest BCUT2D eigenvalue weighted by Crippen LogP contribution is 2.39. The van der Waals surface area contributed by atoms with Crippen LogP contribution in [0.25, 0.3) is 0 Å². The topological polar surface area (TPSA) is 89.8 Å². The number of anilines is 1. The average molecular weight is 571 g/mol. The molecular weight excluding hydrogens is 545 g/mol. The number of halogens is 4. The van der Waals surface area contributed by atoms with Crippen molar-refractivity contribution in [1.82, 2.24) is 13.9 Å². The summed E-state index contributed by atoms with van der Waals surface area (Å²) in [4.78, 5) is 28.8. The van der Waals surface area contributed by atoms with Crippen molar-refractivity contribution in [3.8, 4) is 0 Å². The van der Waals surface area contributed by atoms with Crippen molar-refractivity contribution in [3.63, 3.8) is 0 Å². The monoisotopic (exact) mass is 570 g/mol. The summed E-state index contributed by atoms with van der Waals surface area (Å²) < 4.78 is 69.2. The largest absolute Gasteiger partial charge is 0.351 e. The summed E-state index contributed by atoms with van der Waals surface area (Å²) in [6, 6.07) is 9.20. The van der Waals surface area contributed by atoms with E-state index in [0.29, 0.717) is 13.1 Å². The molecule has 8 nitrogen and oxygen atoms in total. The Kier molecular flexibility index (Phi) is 7.18. The molecular formula is C25H26ClF3N4O4S. The molecule has 1 N–H and O–H groups in total. The minimum absolute atomic E-state index is 0.0567. The molecule has 1 unspecified atom stereocenters. The van der Waals surface area contributed by atoms with E-state index >= 15 is 0 Å². The van der Waals surface area contributed by atoms with Gasteiger partial charge in [0.2, 0.25) is 11.8 Å². The van der Waals surface area contributed by atoms with E-state index in [0.717, 1.165) is 11.0 Å². The summed E-state index contributed by atoms with van der Waals surface area (Å²) in [5.74, 6) is -5.71. The molecule has 0 bridgehead atoms. The lowest BCUT2D eigenvalue weighted by molar-refractivity contribution is -0.133. The predicted molar refractivity (Wildman–Crippen MR) is 134 cm³/mol. The number of benzene rings is 2. The summed E-state index contributed by atoms with van der Waals surface area (Å²) in [6.07, 6.45) is -0.870. The van der Waals surface area contributed by atoms with Crippen molar-refractivity contribution >= 4 is 39.3 Å². The molecule has 0 aromatic heterocycles. The van der Waals surface area contributed by atoms with Crippen LogP contribution in [-0.4, -0.2) is 67.0 Å². The van der Waals surface area contributed by atoms with Crippen molar-refractivity contribution in [2.75, 3.05) is 31.1 Å². The smallest absolute Gasteiger partial charge is 0.282 e. The molecule has 2 aliphatic heterocycles. The lowest BCUT2D eigenvalue weighted by atomic mass is 9.87.